The van der Waals surface area contributed by atoms with E-state index in [1.54, 1.807) is 18.2 Å². The maximum Gasteiger partial charge on any atom is 0.251 e. The van der Waals surface area contributed by atoms with E-state index in [4.69, 9.17) is 16.3 Å². The van der Waals surface area contributed by atoms with Gasteiger partial charge >= 0.3 is 0 Å². The van der Waals surface area contributed by atoms with Crippen molar-refractivity contribution in [2.75, 3.05) is 0 Å². The first kappa shape index (κ1) is 20.0. The number of halogens is 1. The van der Waals surface area contributed by atoms with Gasteiger partial charge in [0.25, 0.3) is 5.91 Å². The lowest BCUT2D eigenvalue weighted by molar-refractivity contribution is 0.0939. The van der Waals surface area contributed by atoms with Gasteiger partial charge in [0.2, 0.25) is 0 Å². The fraction of sp³-hybridized carbons (Fsp3) is 0.273. The zero-order valence-electron chi connectivity index (χ0n) is 16.3. The fourth-order valence-electron chi connectivity index (χ4n) is 2.98. The fourth-order valence-corrected chi connectivity index (χ4v) is 3.10. The largest absolute Gasteiger partial charge is 0.489 e. The van der Waals surface area contributed by atoms with Crippen LogP contribution in [0.3, 0.4) is 0 Å². The van der Waals surface area contributed by atoms with E-state index in [2.05, 4.69) is 10.4 Å². The highest BCUT2D eigenvalue weighted by atomic mass is 35.5. The standard InChI is InChI=1S/C22H24ClN3O2/c1-4-26-13-21(16(3)25-26)15(2)24-22(27)18-7-5-6-17(12-18)14-28-20-10-8-19(23)9-11-20/h5-13,15H,4,14H2,1-3H3,(H,24,27). The molecule has 0 saturated heterocycles. The number of amides is 1. The van der Waals surface area contributed by atoms with Gasteiger partial charge in [-0.3, -0.25) is 9.48 Å². The van der Waals surface area contributed by atoms with Crippen LogP contribution in [0.5, 0.6) is 5.75 Å². The number of benzene rings is 2. The van der Waals surface area contributed by atoms with E-state index < -0.39 is 0 Å². The van der Waals surface area contributed by atoms with Crippen LogP contribution < -0.4 is 10.1 Å². The van der Waals surface area contributed by atoms with Crippen molar-refractivity contribution in [2.24, 2.45) is 0 Å². The van der Waals surface area contributed by atoms with Gasteiger partial charge < -0.3 is 10.1 Å². The number of carbonyl (C=O) groups excluding carboxylic acids is 1. The van der Waals surface area contributed by atoms with E-state index in [9.17, 15) is 4.79 Å². The first-order valence-electron chi connectivity index (χ1n) is 9.28. The molecule has 0 aliphatic carbocycles. The summed E-state index contributed by atoms with van der Waals surface area (Å²) in [6.45, 7) is 7.14. The van der Waals surface area contributed by atoms with Gasteiger partial charge in [-0.25, -0.2) is 0 Å². The first-order chi connectivity index (χ1) is 13.5. The molecule has 5 nitrogen and oxygen atoms in total. The Morgan fingerprint density at radius 2 is 2.00 bits per heavy atom. The Labute approximate surface area is 170 Å². The number of aryl methyl sites for hydroxylation is 2. The van der Waals surface area contributed by atoms with Crippen LogP contribution >= 0.6 is 11.6 Å². The lowest BCUT2D eigenvalue weighted by atomic mass is 10.1. The first-order valence-corrected chi connectivity index (χ1v) is 9.66. The summed E-state index contributed by atoms with van der Waals surface area (Å²) in [7, 11) is 0. The molecule has 0 spiro atoms. The van der Waals surface area contributed by atoms with Crippen LogP contribution in [0.4, 0.5) is 0 Å². The van der Waals surface area contributed by atoms with E-state index in [1.165, 1.54) is 0 Å². The molecule has 1 unspecified atom stereocenters. The summed E-state index contributed by atoms with van der Waals surface area (Å²) in [4.78, 5) is 12.7. The third-order valence-corrected chi connectivity index (χ3v) is 4.78. The van der Waals surface area contributed by atoms with Gasteiger partial charge in [0.1, 0.15) is 12.4 Å². The Bertz CT molecular complexity index is 951. The normalized spacial score (nSPS) is 11.9. The van der Waals surface area contributed by atoms with Gasteiger partial charge in [0.05, 0.1) is 11.7 Å². The van der Waals surface area contributed by atoms with E-state index in [0.717, 1.165) is 29.1 Å². The Morgan fingerprint density at radius 3 is 2.68 bits per heavy atom. The molecule has 0 fully saturated rings. The van der Waals surface area contributed by atoms with Gasteiger partial charge in [-0.15, -0.1) is 0 Å². The smallest absolute Gasteiger partial charge is 0.251 e. The Balaban J connectivity index is 1.64. The molecule has 0 saturated carbocycles. The number of nitrogens with zero attached hydrogens (tertiary/aromatic N) is 2. The topological polar surface area (TPSA) is 56.2 Å². The van der Waals surface area contributed by atoms with Gasteiger partial charge in [0.15, 0.2) is 0 Å². The second kappa shape index (κ2) is 8.93. The molecule has 3 rings (SSSR count). The molecule has 146 valence electrons. The molecule has 1 N–H and O–H groups in total. The van der Waals surface area contributed by atoms with Crippen molar-refractivity contribution < 1.29 is 9.53 Å². The second-order valence-electron chi connectivity index (χ2n) is 6.66. The molecule has 0 radical (unpaired) electrons. The van der Waals surface area contributed by atoms with Crippen LogP contribution in [0.1, 0.15) is 47.1 Å². The van der Waals surface area contributed by atoms with Crippen molar-refractivity contribution in [3.8, 4) is 5.75 Å². The monoisotopic (exact) mass is 397 g/mol. The Kier molecular flexibility index (Phi) is 6.37. The predicted molar refractivity (Wildman–Crippen MR) is 111 cm³/mol. The van der Waals surface area contributed by atoms with Crippen molar-refractivity contribution >= 4 is 17.5 Å². The highest BCUT2D eigenvalue weighted by Gasteiger charge is 2.16. The highest BCUT2D eigenvalue weighted by Crippen LogP contribution is 2.19. The Hall–Kier alpha value is -2.79. The van der Waals surface area contributed by atoms with Crippen molar-refractivity contribution in [3.05, 3.63) is 82.1 Å². The quantitative estimate of drug-likeness (QED) is 0.614. The van der Waals surface area contributed by atoms with Crippen LogP contribution in [0.15, 0.2) is 54.7 Å². The molecule has 1 atom stereocenters. The van der Waals surface area contributed by atoms with Gasteiger partial charge in [0, 0.05) is 28.9 Å². The number of ether oxygens (including phenoxy) is 1. The minimum absolute atomic E-state index is 0.121. The number of rotatable bonds is 7. The molecule has 0 bridgehead atoms. The summed E-state index contributed by atoms with van der Waals surface area (Å²) in [6, 6.07) is 14.5. The zero-order valence-corrected chi connectivity index (χ0v) is 17.0. The third-order valence-electron chi connectivity index (χ3n) is 4.53. The molecular formula is C22H24ClN3O2. The SMILES string of the molecule is CCn1cc(C(C)NC(=O)c2cccc(COc3ccc(Cl)cc3)c2)c(C)n1. The number of hydrogen-bond acceptors (Lipinski definition) is 3. The predicted octanol–water partition coefficient (Wildman–Crippen LogP) is 4.93. The molecule has 1 heterocycles. The van der Waals surface area contributed by atoms with Crippen molar-refractivity contribution in [1.82, 2.24) is 15.1 Å². The lowest BCUT2D eigenvalue weighted by Crippen LogP contribution is -2.27. The van der Waals surface area contributed by atoms with Crippen LogP contribution in [0, 0.1) is 6.92 Å². The Morgan fingerprint density at radius 1 is 1.25 bits per heavy atom. The minimum Gasteiger partial charge on any atom is -0.489 e. The van der Waals surface area contributed by atoms with Crippen molar-refractivity contribution in [1.29, 1.82) is 0 Å². The van der Waals surface area contributed by atoms with Crippen LogP contribution in [0.2, 0.25) is 5.02 Å². The molecule has 3 aromatic rings. The van der Waals surface area contributed by atoms with Crippen LogP contribution in [-0.2, 0) is 13.2 Å². The summed E-state index contributed by atoms with van der Waals surface area (Å²) in [6.07, 6.45) is 1.98. The maximum absolute atomic E-state index is 12.7. The van der Waals surface area contributed by atoms with E-state index >= 15 is 0 Å². The number of hydrogen-bond donors (Lipinski definition) is 1. The molecule has 0 aliphatic heterocycles. The van der Waals surface area contributed by atoms with Crippen molar-refractivity contribution in [3.63, 3.8) is 0 Å². The van der Waals surface area contributed by atoms with Crippen LogP contribution in [-0.4, -0.2) is 15.7 Å². The van der Waals surface area contributed by atoms with Gasteiger partial charge in [-0.2, -0.15) is 5.10 Å². The summed E-state index contributed by atoms with van der Waals surface area (Å²) >= 11 is 5.88. The van der Waals surface area contributed by atoms with Crippen molar-refractivity contribution in [2.45, 2.75) is 40.0 Å². The zero-order chi connectivity index (χ0) is 20.1. The molecule has 0 aliphatic rings. The maximum atomic E-state index is 12.7. The third kappa shape index (κ3) is 4.93. The second-order valence-corrected chi connectivity index (χ2v) is 7.10. The summed E-state index contributed by atoms with van der Waals surface area (Å²) in [5, 5.41) is 8.16. The summed E-state index contributed by atoms with van der Waals surface area (Å²) in [5.41, 5.74) is 3.48. The average Bonchev–Trinajstić information content (AvgIpc) is 3.09. The van der Waals surface area contributed by atoms with E-state index in [1.807, 2.05) is 62.0 Å². The number of carbonyl (C=O) groups is 1. The average molecular weight is 398 g/mol. The van der Waals surface area contributed by atoms with Crippen LogP contribution in [0.25, 0.3) is 0 Å². The molecule has 2 aromatic carbocycles. The van der Waals surface area contributed by atoms with E-state index in [0.29, 0.717) is 17.2 Å². The van der Waals surface area contributed by atoms with Gasteiger partial charge in [-0.1, -0.05) is 23.7 Å². The van der Waals surface area contributed by atoms with E-state index in [-0.39, 0.29) is 11.9 Å². The summed E-state index contributed by atoms with van der Waals surface area (Å²) < 4.78 is 7.64. The number of aromatic nitrogens is 2. The highest BCUT2D eigenvalue weighted by molar-refractivity contribution is 6.30. The summed E-state index contributed by atoms with van der Waals surface area (Å²) in [5.74, 6) is 0.612. The molecule has 1 aromatic heterocycles. The minimum atomic E-state index is -0.123. The number of nitrogens with one attached hydrogen (secondary N) is 1. The molecular weight excluding hydrogens is 374 g/mol. The lowest BCUT2D eigenvalue weighted by Gasteiger charge is -2.14. The molecule has 28 heavy (non-hydrogen) atoms. The molecule has 6 heteroatoms. The molecule has 1 amide bonds. The van der Waals surface area contributed by atoms with Gasteiger partial charge in [-0.05, 0) is 62.7 Å².